The predicted octanol–water partition coefficient (Wildman–Crippen LogP) is 15.6. The maximum atomic E-state index is 12.9. The van der Waals surface area contributed by atoms with Crippen LogP contribution in [-0.2, 0) is 18.4 Å². The van der Waals surface area contributed by atoms with E-state index in [1.807, 2.05) is 27.2 Å². The Morgan fingerprint density at radius 1 is 0.531 bits per heavy atom. The van der Waals surface area contributed by atoms with Gasteiger partial charge in [-0.3, -0.25) is 9.36 Å². The van der Waals surface area contributed by atoms with Gasteiger partial charge in [-0.25, -0.2) is 0 Å². The number of carbonyl (C=O) groups excluding carboxylic acids is 1. The number of aliphatic hydroxyl groups is 1. The highest BCUT2D eigenvalue weighted by Gasteiger charge is 2.23. The molecule has 8 nitrogen and oxygen atoms in total. The Bertz CT molecular complexity index is 1140. The van der Waals surface area contributed by atoms with Gasteiger partial charge in [-0.1, -0.05) is 230 Å². The number of hydrogen-bond donors (Lipinski definition) is 2. The molecule has 0 rings (SSSR count). The van der Waals surface area contributed by atoms with E-state index in [4.69, 9.17) is 9.05 Å². The number of nitrogens with one attached hydrogen (secondary N) is 1. The number of nitrogens with zero attached hydrogens (tertiary/aromatic N) is 1. The van der Waals surface area contributed by atoms with Gasteiger partial charge in [0.2, 0.25) is 5.91 Å². The van der Waals surface area contributed by atoms with E-state index in [1.165, 1.54) is 199 Å². The molecule has 0 spiro atoms. The van der Waals surface area contributed by atoms with Crippen LogP contribution in [0, 0.1) is 0 Å². The first-order chi connectivity index (χ1) is 31.0. The predicted molar refractivity (Wildman–Crippen MR) is 275 cm³/mol. The molecule has 3 unspecified atom stereocenters. The van der Waals surface area contributed by atoms with Crippen LogP contribution in [0.15, 0.2) is 36.5 Å². The third kappa shape index (κ3) is 48.6. The quantitative estimate of drug-likeness (QED) is 0.0272. The zero-order valence-corrected chi connectivity index (χ0v) is 43.9. The van der Waals surface area contributed by atoms with E-state index >= 15 is 0 Å². The number of likely N-dealkylation sites (N-methyl/N-ethyl adjacent to an activating group) is 1. The second-order valence-electron chi connectivity index (χ2n) is 19.9. The van der Waals surface area contributed by atoms with E-state index in [9.17, 15) is 19.4 Å². The highest BCUT2D eigenvalue weighted by atomic mass is 31.2. The zero-order valence-electron chi connectivity index (χ0n) is 43.0. The first-order valence-electron chi connectivity index (χ1n) is 27.4. The smallest absolute Gasteiger partial charge is 0.268 e. The maximum absolute atomic E-state index is 12.9. The lowest BCUT2D eigenvalue weighted by atomic mass is 10.0. The summed E-state index contributed by atoms with van der Waals surface area (Å²) in [6, 6.07) is -0.901. The molecule has 2 N–H and O–H groups in total. The van der Waals surface area contributed by atoms with Crippen molar-refractivity contribution in [2.75, 3.05) is 40.9 Å². The second kappa shape index (κ2) is 46.8. The Labute approximate surface area is 397 Å². The van der Waals surface area contributed by atoms with Crippen molar-refractivity contribution in [2.45, 2.75) is 270 Å². The summed E-state index contributed by atoms with van der Waals surface area (Å²) in [6.45, 7) is 4.63. The van der Waals surface area contributed by atoms with Gasteiger partial charge in [0.25, 0.3) is 7.82 Å². The molecule has 0 bridgehead atoms. The Kier molecular flexibility index (Phi) is 45.9. The van der Waals surface area contributed by atoms with E-state index in [0.717, 1.165) is 38.5 Å². The van der Waals surface area contributed by atoms with Crippen LogP contribution < -0.4 is 10.2 Å². The fourth-order valence-corrected chi connectivity index (χ4v) is 8.71. The summed E-state index contributed by atoms with van der Waals surface area (Å²) < 4.78 is 23.2. The topological polar surface area (TPSA) is 108 Å². The molecule has 0 fully saturated rings. The van der Waals surface area contributed by atoms with Crippen LogP contribution in [0.4, 0.5) is 0 Å². The lowest BCUT2D eigenvalue weighted by Crippen LogP contribution is -2.45. The lowest BCUT2D eigenvalue weighted by molar-refractivity contribution is -0.870. The van der Waals surface area contributed by atoms with Crippen molar-refractivity contribution < 1.29 is 32.9 Å². The number of unbranched alkanes of at least 4 members (excludes halogenated alkanes) is 33. The number of phosphoric ester groups is 1. The Morgan fingerprint density at radius 2 is 0.875 bits per heavy atom. The largest absolute Gasteiger partial charge is 0.756 e. The van der Waals surface area contributed by atoms with Gasteiger partial charge >= 0.3 is 0 Å². The van der Waals surface area contributed by atoms with Crippen molar-refractivity contribution in [2.24, 2.45) is 0 Å². The molecule has 0 aromatic carbocycles. The number of hydrogen-bond acceptors (Lipinski definition) is 6. The summed E-state index contributed by atoms with van der Waals surface area (Å²) in [5.41, 5.74) is 0. The van der Waals surface area contributed by atoms with Gasteiger partial charge in [-0.2, -0.15) is 0 Å². The standard InChI is InChI=1S/C55H107N2O6P/c1-6-8-10-12-14-16-18-20-21-22-23-24-25-26-27-28-29-30-31-32-33-34-35-37-39-41-43-45-47-49-55(59)56-53(52-63-64(60,61)62-51-50-57(3,4)5)54(58)48-46-44-42-40-38-36-19-17-15-13-11-9-7-2/h26-27,38,40,46,48,53-54,58H,6-25,28-37,39,41-45,47,49-52H2,1-5H3,(H-,56,59,60,61)/b27-26-,40-38+,48-46+. The number of carbonyl (C=O) groups is 1. The van der Waals surface area contributed by atoms with E-state index in [1.54, 1.807) is 6.08 Å². The van der Waals surface area contributed by atoms with Crippen LogP contribution in [0.5, 0.6) is 0 Å². The van der Waals surface area contributed by atoms with Crippen molar-refractivity contribution in [3.05, 3.63) is 36.5 Å². The fraction of sp³-hybridized carbons (Fsp3) is 0.873. The molecule has 1 amide bonds. The Hall–Kier alpha value is -1.28. The Balaban J connectivity index is 4.11. The second-order valence-corrected chi connectivity index (χ2v) is 21.3. The van der Waals surface area contributed by atoms with Crippen LogP contribution in [-0.4, -0.2) is 68.5 Å². The number of phosphoric acid groups is 1. The first kappa shape index (κ1) is 62.7. The monoisotopic (exact) mass is 923 g/mol. The molecule has 0 saturated heterocycles. The molecule has 0 aliphatic rings. The molecule has 0 saturated carbocycles. The summed E-state index contributed by atoms with van der Waals surface area (Å²) in [6.07, 6.45) is 59.4. The van der Waals surface area contributed by atoms with Gasteiger partial charge in [-0.15, -0.1) is 0 Å². The van der Waals surface area contributed by atoms with E-state index in [-0.39, 0.29) is 12.5 Å². The summed E-state index contributed by atoms with van der Waals surface area (Å²) in [5.74, 6) is -0.206. The molecule has 64 heavy (non-hydrogen) atoms. The van der Waals surface area contributed by atoms with E-state index in [2.05, 4.69) is 43.5 Å². The molecule has 0 radical (unpaired) electrons. The molecule has 9 heteroatoms. The molecule has 0 heterocycles. The number of allylic oxidation sites excluding steroid dienone is 5. The molecule has 0 aliphatic carbocycles. The van der Waals surface area contributed by atoms with Crippen molar-refractivity contribution >= 4 is 13.7 Å². The van der Waals surface area contributed by atoms with Gasteiger partial charge in [0, 0.05) is 6.42 Å². The third-order valence-electron chi connectivity index (χ3n) is 12.3. The van der Waals surface area contributed by atoms with Crippen LogP contribution in [0.1, 0.15) is 258 Å². The number of aliphatic hydroxyl groups excluding tert-OH is 1. The maximum Gasteiger partial charge on any atom is 0.268 e. The average molecular weight is 923 g/mol. The van der Waals surface area contributed by atoms with Gasteiger partial charge < -0.3 is 28.8 Å². The molecular formula is C55H107N2O6P. The van der Waals surface area contributed by atoms with E-state index < -0.39 is 26.6 Å². The van der Waals surface area contributed by atoms with Crippen molar-refractivity contribution in [3.8, 4) is 0 Å². The highest BCUT2D eigenvalue weighted by molar-refractivity contribution is 7.45. The van der Waals surface area contributed by atoms with Crippen LogP contribution >= 0.6 is 7.82 Å². The molecule has 378 valence electrons. The summed E-state index contributed by atoms with van der Waals surface area (Å²) in [5, 5.41) is 13.8. The van der Waals surface area contributed by atoms with Crippen LogP contribution in [0.25, 0.3) is 0 Å². The minimum Gasteiger partial charge on any atom is -0.756 e. The molecule has 3 atom stereocenters. The summed E-state index contributed by atoms with van der Waals surface area (Å²) in [4.78, 5) is 25.4. The third-order valence-corrected chi connectivity index (χ3v) is 13.3. The van der Waals surface area contributed by atoms with Crippen molar-refractivity contribution in [1.82, 2.24) is 5.32 Å². The Morgan fingerprint density at radius 3 is 1.27 bits per heavy atom. The van der Waals surface area contributed by atoms with Crippen LogP contribution in [0.2, 0.25) is 0 Å². The van der Waals surface area contributed by atoms with Gasteiger partial charge in [0.05, 0.1) is 39.9 Å². The summed E-state index contributed by atoms with van der Waals surface area (Å²) >= 11 is 0. The molecule has 0 aromatic heterocycles. The number of quaternary nitrogens is 1. The minimum atomic E-state index is -4.60. The lowest BCUT2D eigenvalue weighted by Gasteiger charge is -2.29. The van der Waals surface area contributed by atoms with Gasteiger partial charge in [-0.05, 0) is 57.8 Å². The normalized spacial score (nSPS) is 14.3. The van der Waals surface area contributed by atoms with Crippen molar-refractivity contribution in [1.29, 1.82) is 0 Å². The first-order valence-corrected chi connectivity index (χ1v) is 28.8. The summed E-state index contributed by atoms with van der Waals surface area (Å²) in [7, 11) is 1.25. The molecule has 0 aromatic rings. The number of amides is 1. The number of rotatable bonds is 50. The average Bonchev–Trinajstić information content (AvgIpc) is 3.25. The SMILES string of the molecule is CCCCCCCCC/C=C/CC/C=C/C(O)C(COP(=O)([O-])OCC[N+](C)(C)C)NC(=O)CCCCCCCCCCCCCCC/C=C\CCCCCCCCCCCCCC. The van der Waals surface area contributed by atoms with Gasteiger partial charge in [0.15, 0.2) is 0 Å². The molecule has 0 aliphatic heterocycles. The van der Waals surface area contributed by atoms with Gasteiger partial charge in [0.1, 0.15) is 13.2 Å². The van der Waals surface area contributed by atoms with Crippen LogP contribution in [0.3, 0.4) is 0 Å². The minimum absolute atomic E-state index is 0.00573. The highest BCUT2D eigenvalue weighted by Crippen LogP contribution is 2.38. The van der Waals surface area contributed by atoms with Crippen molar-refractivity contribution in [3.63, 3.8) is 0 Å². The zero-order chi connectivity index (χ0) is 47.1. The van der Waals surface area contributed by atoms with E-state index in [0.29, 0.717) is 17.4 Å². The fourth-order valence-electron chi connectivity index (χ4n) is 7.99. The molecular weight excluding hydrogens is 816 g/mol.